The Balaban J connectivity index is 1.87. The number of methoxy groups -OCH3 is 1. The van der Waals surface area contributed by atoms with E-state index in [1.807, 2.05) is 24.3 Å². The molecule has 4 nitrogen and oxygen atoms in total. The van der Waals surface area contributed by atoms with Gasteiger partial charge in [0.15, 0.2) is 0 Å². The van der Waals surface area contributed by atoms with Crippen molar-refractivity contribution in [3.8, 4) is 5.75 Å². The van der Waals surface area contributed by atoms with E-state index in [0.29, 0.717) is 12.6 Å². The van der Waals surface area contributed by atoms with Gasteiger partial charge in [0.1, 0.15) is 5.75 Å². The molecule has 0 aromatic heterocycles. The number of likely N-dealkylation sites (N-methyl/N-ethyl adjacent to an activating group) is 1. The topological polar surface area (TPSA) is 35.9 Å². The van der Waals surface area contributed by atoms with Gasteiger partial charge in [0, 0.05) is 19.1 Å². The number of aliphatic hydroxyl groups is 1. The van der Waals surface area contributed by atoms with Gasteiger partial charge in [-0.3, -0.25) is 9.80 Å². The van der Waals surface area contributed by atoms with Crippen LogP contribution in [0.5, 0.6) is 5.75 Å². The number of benzene rings is 1. The van der Waals surface area contributed by atoms with Gasteiger partial charge in [0.05, 0.1) is 13.2 Å². The van der Waals surface area contributed by atoms with E-state index >= 15 is 0 Å². The van der Waals surface area contributed by atoms with Crippen molar-refractivity contribution < 1.29 is 9.84 Å². The third-order valence-corrected chi connectivity index (χ3v) is 4.51. The Morgan fingerprint density at radius 3 is 2.52 bits per heavy atom. The van der Waals surface area contributed by atoms with Gasteiger partial charge in [0.2, 0.25) is 0 Å². The number of ether oxygens (including phenoxy) is 1. The molecule has 2 rings (SSSR count). The molecule has 1 aromatic rings. The van der Waals surface area contributed by atoms with Crippen LogP contribution in [0, 0.1) is 0 Å². The summed E-state index contributed by atoms with van der Waals surface area (Å²) in [6, 6.07) is 8.34. The molecule has 1 N–H and O–H groups in total. The summed E-state index contributed by atoms with van der Waals surface area (Å²) >= 11 is 0. The summed E-state index contributed by atoms with van der Waals surface area (Å²) in [7, 11) is 1.66. The Morgan fingerprint density at radius 2 is 1.95 bits per heavy atom. The van der Waals surface area contributed by atoms with Crippen LogP contribution in [-0.2, 0) is 0 Å². The Kier molecular flexibility index (Phi) is 6.03. The van der Waals surface area contributed by atoms with Crippen LogP contribution in [0.2, 0.25) is 0 Å². The number of aliphatic hydroxyl groups excluding tert-OH is 1. The molecule has 21 heavy (non-hydrogen) atoms. The standard InChI is InChI=1S/C17H28N2O2/c1-4-19(5-2)15-10-11-18(12-15)13-17(20)14-6-8-16(21-3)9-7-14/h6-9,15,17,20H,4-5,10-13H2,1-3H3. The Bertz CT molecular complexity index is 417. The maximum absolute atomic E-state index is 10.4. The highest BCUT2D eigenvalue weighted by Gasteiger charge is 2.27. The lowest BCUT2D eigenvalue weighted by Crippen LogP contribution is -2.38. The molecule has 2 atom stereocenters. The molecule has 0 radical (unpaired) electrons. The van der Waals surface area contributed by atoms with Crippen molar-refractivity contribution in [2.24, 2.45) is 0 Å². The Morgan fingerprint density at radius 1 is 1.29 bits per heavy atom. The van der Waals surface area contributed by atoms with E-state index in [-0.39, 0.29) is 0 Å². The lowest BCUT2D eigenvalue weighted by molar-refractivity contribution is 0.119. The molecule has 0 amide bonds. The van der Waals surface area contributed by atoms with Crippen LogP contribution in [0.25, 0.3) is 0 Å². The van der Waals surface area contributed by atoms with Crippen molar-refractivity contribution in [3.05, 3.63) is 29.8 Å². The molecule has 1 heterocycles. The van der Waals surface area contributed by atoms with E-state index in [1.165, 1.54) is 6.42 Å². The van der Waals surface area contributed by atoms with Crippen molar-refractivity contribution in [3.63, 3.8) is 0 Å². The first-order valence-corrected chi connectivity index (χ1v) is 7.96. The minimum absolute atomic E-state index is 0.425. The number of rotatable bonds is 7. The van der Waals surface area contributed by atoms with Gasteiger partial charge >= 0.3 is 0 Å². The van der Waals surface area contributed by atoms with Crippen molar-refractivity contribution in [2.45, 2.75) is 32.4 Å². The highest BCUT2D eigenvalue weighted by molar-refractivity contribution is 5.28. The molecule has 4 heteroatoms. The van der Waals surface area contributed by atoms with Crippen LogP contribution in [0.4, 0.5) is 0 Å². The summed E-state index contributed by atoms with van der Waals surface area (Å²) in [4.78, 5) is 4.89. The first-order chi connectivity index (χ1) is 10.2. The molecule has 1 saturated heterocycles. The van der Waals surface area contributed by atoms with Gasteiger partial charge in [-0.2, -0.15) is 0 Å². The summed E-state index contributed by atoms with van der Waals surface area (Å²) in [5.74, 6) is 0.828. The smallest absolute Gasteiger partial charge is 0.118 e. The summed E-state index contributed by atoms with van der Waals surface area (Å²) < 4.78 is 5.15. The second-order valence-electron chi connectivity index (χ2n) is 5.71. The SMILES string of the molecule is CCN(CC)C1CCN(CC(O)c2ccc(OC)cc2)C1. The second kappa shape index (κ2) is 7.78. The average molecular weight is 292 g/mol. The van der Waals surface area contributed by atoms with E-state index in [4.69, 9.17) is 4.74 Å². The molecule has 0 spiro atoms. The number of hydrogen-bond donors (Lipinski definition) is 1. The molecular formula is C17H28N2O2. The summed E-state index contributed by atoms with van der Waals surface area (Å²) in [5, 5.41) is 10.4. The summed E-state index contributed by atoms with van der Waals surface area (Å²) in [6.45, 7) is 9.51. The van der Waals surface area contributed by atoms with E-state index in [0.717, 1.165) is 37.5 Å². The van der Waals surface area contributed by atoms with Crippen molar-refractivity contribution in [2.75, 3.05) is 39.8 Å². The quantitative estimate of drug-likeness (QED) is 0.835. The number of nitrogens with zero attached hydrogens (tertiary/aromatic N) is 2. The zero-order chi connectivity index (χ0) is 15.2. The third kappa shape index (κ3) is 4.19. The van der Waals surface area contributed by atoms with Crippen molar-refractivity contribution in [1.29, 1.82) is 0 Å². The number of likely N-dealkylation sites (tertiary alicyclic amines) is 1. The van der Waals surface area contributed by atoms with Gasteiger partial charge in [0.25, 0.3) is 0 Å². The zero-order valence-electron chi connectivity index (χ0n) is 13.5. The van der Waals surface area contributed by atoms with E-state index in [2.05, 4.69) is 23.6 Å². The van der Waals surface area contributed by atoms with Gasteiger partial charge < -0.3 is 9.84 Å². The predicted octanol–water partition coefficient (Wildman–Crippen LogP) is 2.14. The molecule has 1 aliphatic rings. The summed E-state index contributed by atoms with van der Waals surface area (Å²) in [6.07, 6.45) is 0.781. The molecule has 1 fully saturated rings. The van der Waals surface area contributed by atoms with E-state index in [9.17, 15) is 5.11 Å². The molecule has 1 aromatic carbocycles. The van der Waals surface area contributed by atoms with Crippen LogP contribution < -0.4 is 4.74 Å². The fourth-order valence-corrected chi connectivity index (χ4v) is 3.19. The van der Waals surface area contributed by atoms with Crippen LogP contribution in [-0.4, -0.2) is 60.8 Å². The van der Waals surface area contributed by atoms with Gasteiger partial charge in [-0.1, -0.05) is 26.0 Å². The Labute approximate surface area is 128 Å². The minimum atomic E-state index is -0.425. The fraction of sp³-hybridized carbons (Fsp3) is 0.647. The molecule has 0 saturated carbocycles. The van der Waals surface area contributed by atoms with Crippen LogP contribution in [0.1, 0.15) is 31.9 Å². The van der Waals surface area contributed by atoms with Crippen molar-refractivity contribution >= 4 is 0 Å². The molecule has 0 aliphatic carbocycles. The van der Waals surface area contributed by atoms with Crippen LogP contribution in [0.15, 0.2) is 24.3 Å². The summed E-state index contributed by atoms with van der Waals surface area (Å²) in [5.41, 5.74) is 0.960. The minimum Gasteiger partial charge on any atom is -0.497 e. The van der Waals surface area contributed by atoms with Gasteiger partial charge in [-0.25, -0.2) is 0 Å². The van der Waals surface area contributed by atoms with Gasteiger partial charge in [-0.05, 0) is 43.8 Å². The normalized spacial score (nSPS) is 20.9. The lowest BCUT2D eigenvalue weighted by atomic mass is 10.1. The molecule has 2 unspecified atom stereocenters. The fourth-order valence-electron chi connectivity index (χ4n) is 3.19. The monoisotopic (exact) mass is 292 g/mol. The van der Waals surface area contributed by atoms with Crippen LogP contribution in [0.3, 0.4) is 0 Å². The third-order valence-electron chi connectivity index (χ3n) is 4.51. The first kappa shape index (κ1) is 16.3. The molecule has 1 aliphatic heterocycles. The lowest BCUT2D eigenvalue weighted by Gasteiger charge is -2.26. The van der Waals surface area contributed by atoms with Gasteiger partial charge in [-0.15, -0.1) is 0 Å². The van der Waals surface area contributed by atoms with E-state index in [1.54, 1.807) is 7.11 Å². The van der Waals surface area contributed by atoms with Crippen LogP contribution >= 0.6 is 0 Å². The maximum Gasteiger partial charge on any atom is 0.118 e. The van der Waals surface area contributed by atoms with Crippen molar-refractivity contribution in [1.82, 2.24) is 9.80 Å². The average Bonchev–Trinajstić information content (AvgIpc) is 2.97. The zero-order valence-corrected chi connectivity index (χ0v) is 13.5. The molecular weight excluding hydrogens is 264 g/mol. The highest BCUT2D eigenvalue weighted by atomic mass is 16.5. The highest BCUT2D eigenvalue weighted by Crippen LogP contribution is 2.22. The first-order valence-electron chi connectivity index (χ1n) is 7.96. The largest absolute Gasteiger partial charge is 0.497 e. The Hall–Kier alpha value is -1.10. The predicted molar refractivity (Wildman–Crippen MR) is 85.7 cm³/mol. The van der Waals surface area contributed by atoms with E-state index < -0.39 is 6.10 Å². The number of hydrogen-bond acceptors (Lipinski definition) is 4. The second-order valence-corrected chi connectivity index (χ2v) is 5.71. The maximum atomic E-state index is 10.4. The molecule has 0 bridgehead atoms. The molecule has 118 valence electrons. The number of β-amino-alcohol motifs (C(OH)–C–C–N with tert-alkyl or cyclic N) is 1.